The van der Waals surface area contributed by atoms with E-state index in [0.29, 0.717) is 13.0 Å². The molecule has 26 heavy (non-hydrogen) atoms. The molecular weight excluding hydrogens is 326 g/mol. The van der Waals surface area contributed by atoms with E-state index >= 15 is 0 Å². The molecule has 0 aliphatic heterocycles. The van der Waals surface area contributed by atoms with Crippen LogP contribution in [0.1, 0.15) is 50.5 Å². The Morgan fingerprint density at radius 3 is 2.15 bits per heavy atom. The van der Waals surface area contributed by atoms with Gasteiger partial charge in [0.15, 0.2) is 0 Å². The molecule has 1 aromatic carbocycles. The predicted octanol–water partition coefficient (Wildman–Crippen LogP) is 3.79. The van der Waals surface area contributed by atoms with Crippen LogP contribution >= 0.6 is 0 Å². The van der Waals surface area contributed by atoms with Gasteiger partial charge in [-0.25, -0.2) is 0 Å². The highest BCUT2D eigenvalue weighted by molar-refractivity contribution is 5.82. The number of ether oxygens (including phenoxy) is 1. The fraction of sp³-hybridized carbons (Fsp3) is 0.636. The third kappa shape index (κ3) is 3.65. The zero-order valence-electron chi connectivity index (χ0n) is 15.7. The van der Waals surface area contributed by atoms with Crippen molar-refractivity contribution in [1.82, 2.24) is 4.90 Å². The molecule has 4 nitrogen and oxygen atoms in total. The largest absolute Gasteiger partial charge is 0.468 e. The monoisotopic (exact) mass is 355 g/mol. The van der Waals surface area contributed by atoms with Gasteiger partial charge < -0.3 is 9.64 Å². The molecule has 1 aromatic rings. The van der Waals surface area contributed by atoms with Gasteiger partial charge in [-0.05, 0) is 67.3 Å². The summed E-state index contributed by atoms with van der Waals surface area (Å²) in [6, 6.07) is 9.90. The molecule has 5 rings (SSSR count). The van der Waals surface area contributed by atoms with Gasteiger partial charge in [0.25, 0.3) is 0 Å². The number of hydrogen-bond acceptors (Lipinski definition) is 3. The first-order chi connectivity index (χ1) is 12.5. The molecule has 0 N–H and O–H groups in total. The number of benzene rings is 1. The maximum Gasteiger partial charge on any atom is 0.325 e. The predicted molar refractivity (Wildman–Crippen MR) is 99.1 cm³/mol. The van der Waals surface area contributed by atoms with Crippen LogP contribution in [0.2, 0.25) is 0 Å². The van der Waals surface area contributed by atoms with Crippen molar-refractivity contribution < 1.29 is 14.3 Å². The summed E-state index contributed by atoms with van der Waals surface area (Å²) in [5.74, 6) is 2.26. The highest BCUT2D eigenvalue weighted by Crippen LogP contribution is 2.61. The average Bonchev–Trinajstić information content (AvgIpc) is 2.60. The van der Waals surface area contributed by atoms with Gasteiger partial charge in [-0.2, -0.15) is 0 Å². The van der Waals surface area contributed by atoms with E-state index in [2.05, 4.69) is 0 Å². The summed E-state index contributed by atoms with van der Waals surface area (Å²) < 4.78 is 4.83. The lowest BCUT2D eigenvalue weighted by molar-refractivity contribution is -0.150. The molecule has 4 saturated carbocycles. The van der Waals surface area contributed by atoms with E-state index in [0.717, 1.165) is 23.3 Å². The SMILES string of the molecule is COC(=O)CN(Cc1ccccc1)C(=O)CC12CC3CC(CC(C3)C1)C2. The molecule has 0 radical (unpaired) electrons. The van der Waals surface area contributed by atoms with Gasteiger partial charge in [-0.3, -0.25) is 9.59 Å². The number of amides is 1. The zero-order chi connectivity index (χ0) is 18.1. The van der Waals surface area contributed by atoms with Crippen LogP contribution in [0.5, 0.6) is 0 Å². The number of rotatable bonds is 6. The minimum absolute atomic E-state index is 0.0383. The molecule has 0 heterocycles. The minimum Gasteiger partial charge on any atom is -0.468 e. The zero-order valence-corrected chi connectivity index (χ0v) is 15.7. The molecule has 0 aromatic heterocycles. The van der Waals surface area contributed by atoms with Crippen LogP contribution in [0.3, 0.4) is 0 Å². The third-order valence-electron chi connectivity index (χ3n) is 6.81. The summed E-state index contributed by atoms with van der Waals surface area (Å²) >= 11 is 0. The molecule has 4 heteroatoms. The van der Waals surface area contributed by atoms with Crippen molar-refractivity contribution in [2.45, 2.75) is 51.5 Å². The molecule has 0 saturated heterocycles. The first-order valence-electron chi connectivity index (χ1n) is 9.94. The van der Waals surface area contributed by atoms with Crippen LogP contribution < -0.4 is 0 Å². The first-order valence-corrected chi connectivity index (χ1v) is 9.94. The average molecular weight is 355 g/mol. The molecule has 4 fully saturated rings. The summed E-state index contributed by atoms with van der Waals surface area (Å²) in [7, 11) is 1.38. The molecule has 0 spiro atoms. The minimum atomic E-state index is -0.347. The highest BCUT2D eigenvalue weighted by Gasteiger charge is 2.51. The molecule has 4 bridgehead atoms. The molecule has 140 valence electrons. The fourth-order valence-corrected chi connectivity index (χ4v) is 6.20. The number of carbonyl (C=O) groups is 2. The van der Waals surface area contributed by atoms with Crippen LogP contribution in [0, 0.1) is 23.2 Å². The molecule has 1 amide bonds. The van der Waals surface area contributed by atoms with Crippen molar-refractivity contribution in [2.75, 3.05) is 13.7 Å². The van der Waals surface area contributed by atoms with E-state index in [1.54, 1.807) is 4.90 Å². The summed E-state index contributed by atoms with van der Waals surface area (Å²) in [4.78, 5) is 26.8. The number of hydrogen-bond donors (Lipinski definition) is 0. The van der Waals surface area contributed by atoms with Gasteiger partial charge in [0, 0.05) is 13.0 Å². The summed E-state index contributed by atoms with van der Waals surface area (Å²) in [5.41, 5.74) is 1.24. The lowest BCUT2D eigenvalue weighted by atomic mass is 9.49. The number of carbonyl (C=O) groups excluding carboxylic acids is 2. The van der Waals surface area contributed by atoms with Gasteiger partial charge >= 0.3 is 5.97 Å². The van der Waals surface area contributed by atoms with E-state index in [-0.39, 0.29) is 23.8 Å². The maximum atomic E-state index is 13.2. The van der Waals surface area contributed by atoms with E-state index in [9.17, 15) is 9.59 Å². The third-order valence-corrected chi connectivity index (χ3v) is 6.81. The molecular formula is C22H29NO3. The Balaban J connectivity index is 1.48. The molecule has 0 unspecified atom stereocenters. The normalized spacial score (nSPS) is 31.7. The molecule has 0 atom stereocenters. The number of esters is 1. The van der Waals surface area contributed by atoms with E-state index in [4.69, 9.17) is 4.74 Å². The standard InChI is InChI=1S/C22H29NO3/c1-26-21(25)15-23(14-16-5-3-2-4-6-16)20(24)13-22-10-17-7-18(11-22)9-19(8-17)12-22/h2-6,17-19H,7-15H2,1H3. The van der Waals surface area contributed by atoms with Crippen LogP contribution in [-0.4, -0.2) is 30.4 Å². The van der Waals surface area contributed by atoms with E-state index < -0.39 is 0 Å². The first kappa shape index (κ1) is 17.6. The van der Waals surface area contributed by atoms with Crippen molar-refractivity contribution in [2.24, 2.45) is 23.2 Å². The smallest absolute Gasteiger partial charge is 0.325 e. The second kappa shape index (κ2) is 7.05. The van der Waals surface area contributed by atoms with Gasteiger partial charge in [0.2, 0.25) is 5.91 Å². The van der Waals surface area contributed by atoms with Crippen LogP contribution in [0.15, 0.2) is 30.3 Å². The Morgan fingerprint density at radius 2 is 1.62 bits per heavy atom. The number of nitrogens with zero attached hydrogens (tertiary/aromatic N) is 1. The van der Waals surface area contributed by atoms with Crippen molar-refractivity contribution in [3.05, 3.63) is 35.9 Å². The Bertz CT molecular complexity index is 634. The van der Waals surface area contributed by atoms with Crippen molar-refractivity contribution in [1.29, 1.82) is 0 Å². The van der Waals surface area contributed by atoms with Crippen LogP contribution in [0.4, 0.5) is 0 Å². The van der Waals surface area contributed by atoms with Gasteiger partial charge in [0.05, 0.1) is 7.11 Å². The van der Waals surface area contributed by atoms with Gasteiger partial charge in [-0.1, -0.05) is 30.3 Å². The summed E-state index contributed by atoms with van der Waals surface area (Å²) in [6.07, 6.45) is 8.36. The highest BCUT2D eigenvalue weighted by atomic mass is 16.5. The number of methoxy groups -OCH3 is 1. The summed E-state index contributed by atoms with van der Waals surface area (Å²) in [5, 5.41) is 0. The Labute approximate surface area is 155 Å². The molecule has 4 aliphatic carbocycles. The van der Waals surface area contributed by atoms with Gasteiger partial charge in [0.1, 0.15) is 6.54 Å². The Morgan fingerprint density at radius 1 is 1.04 bits per heavy atom. The quantitative estimate of drug-likeness (QED) is 0.729. The fourth-order valence-electron chi connectivity index (χ4n) is 6.20. The van der Waals surface area contributed by atoms with Crippen LogP contribution in [-0.2, 0) is 20.9 Å². The Hall–Kier alpha value is -1.84. The topological polar surface area (TPSA) is 46.6 Å². The second-order valence-electron chi connectivity index (χ2n) is 8.91. The van der Waals surface area contributed by atoms with Gasteiger partial charge in [-0.15, -0.1) is 0 Å². The van der Waals surface area contributed by atoms with E-state index in [1.165, 1.54) is 45.6 Å². The van der Waals surface area contributed by atoms with Crippen molar-refractivity contribution in [3.8, 4) is 0 Å². The van der Waals surface area contributed by atoms with Crippen LogP contribution in [0.25, 0.3) is 0 Å². The van der Waals surface area contributed by atoms with E-state index in [1.807, 2.05) is 30.3 Å². The summed E-state index contributed by atoms with van der Waals surface area (Å²) in [6.45, 7) is 0.512. The lowest BCUT2D eigenvalue weighted by Gasteiger charge is -2.57. The Kier molecular flexibility index (Phi) is 4.76. The van der Waals surface area contributed by atoms with Crippen molar-refractivity contribution >= 4 is 11.9 Å². The van der Waals surface area contributed by atoms with Crippen molar-refractivity contribution in [3.63, 3.8) is 0 Å². The lowest BCUT2D eigenvalue weighted by Crippen LogP contribution is -2.48. The maximum absolute atomic E-state index is 13.2. The second-order valence-corrected chi connectivity index (χ2v) is 8.91. The molecule has 4 aliphatic rings.